The summed E-state index contributed by atoms with van der Waals surface area (Å²) in [6.07, 6.45) is 7.90. The number of allylic oxidation sites excluding steroid dienone is 4. The largest absolute Gasteiger partial charge is 0.499 e. The normalized spacial score (nSPS) is 16.0. The van der Waals surface area contributed by atoms with Crippen LogP contribution in [-0.4, -0.2) is 22.4 Å². The van der Waals surface area contributed by atoms with Crippen LogP contribution in [0.3, 0.4) is 0 Å². The number of nitrogens with zero attached hydrogens (tertiary/aromatic N) is 2. The summed E-state index contributed by atoms with van der Waals surface area (Å²) in [4.78, 5) is 4.17. The first-order valence-electron chi connectivity index (χ1n) is 4.74. The van der Waals surface area contributed by atoms with Gasteiger partial charge in [0, 0.05) is 18.3 Å². The second-order valence-electron chi connectivity index (χ2n) is 3.47. The lowest BCUT2D eigenvalue weighted by Crippen LogP contribution is -2.07. The molecule has 4 heteroatoms. The minimum absolute atomic E-state index is 0.541. The minimum Gasteiger partial charge on any atom is -0.499 e. The van der Waals surface area contributed by atoms with Gasteiger partial charge in [0.25, 0.3) is 0 Å². The van der Waals surface area contributed by atoms with Crippen molar-refractivity contribution in [2.45, 2.75) is 13.3 Å². The summed E-state index contributed by atoms with van der Waals surface area (Å²) < 4.78 is 7.19. The molecule has 0 atom stereocenters. The molecule has 0 amide bonds. The van der Waals surface area contributed by atoms with Crippen LogP contribution in [0.25, 0.3) is 5.70 Å². The van der Waals surface area contributed by atoms with Crippen LogP contribution in [0.15, 0.2) is 30.4 Å². The fraction of sp³-hybridized carbons (Fsp3) is 0.273. The Labute approximate surface area is 88.4 Å². The highest BCUT2D eigenvalue weighted by Crippen LogP contribution is 2.21. The summed E-state index contributed by atoms with van der Waals surface area (Å²) in [7, 11) is 1.63. The number of methoxy groups -OCH3 is 1. The van der Waals surface area contributed by atoms with E-state index in [2.05, 4.69) is 4.98 Å². The van der Waals surface area contributed by atoms with E-state index in [4.69, 9.17) is 10.1 Å². The lowest BCUT2D eigenvalue weighted by molar-refractivity contribution is 0.287. The molecule has 0 radical (unpaired) electrons. The van der Waals surface area contributed by atoms with E-state index in [0.717, 1.165) is 17.2 Å². The number of aromatic nitrogens is 2. The van der Waals surface area contributed by atoms with Gasteiger partial charge in [-0.05, 0) is 19.1 Å². The predicted molar refractivity (Wildman–Crippen MR) is 58.7 cm³/mol. The fourth-order valence-electron chi connectivity index (χ4n) is 1.55. The highest BCUT2D eigenvalue weighted by Gasteiger charge is 2.13. The smallest absolute Gasteiger partial charge is 0.125 e. The number of hydrogen-bond donors (Lipinski definition) is 1. The molecular formula is C11H13N3O. The third-order valence-corrected chi connectivity index (χ3v) is 2.32. The van der Waals surface area contributed by atoms with Crippen LogP contribution in [0.5, 0.6) is 0 Å². The molecule has 4 nitrogen and oxygen atoms in total. The van der Waals surface area contributed by atoms with Crippen molar-refractivity contribution < 1.29 is 4.74 Å². The molecule has 0 bridgehead atoms. The van der Waals surface area contributed by atoms with Crippen molar-refractivity contribution in [2.75, 3.05) is 7.11 Å². The Kier molecular flexibility index (Phi) is 2.41. The van der Waals surface area contributed by atoms with Gasteiger partial charge in [-0.1, -0.05) is 0 Å². The number of nitrogens with one attached hydrogen (secondary N) is 1. The van der Waals surface area contributed by atoms with Gasteiger partial charge in [-0.25, -0.2) is 4.98 Å². The maximum atomic E-state index is 7.55. The zero-order valence-electron chi connectivity index (χ0n) is 8.82. The number of aryl methyl sites for hydroxylation is 1. The Balaban J connectivity index is 2.42. The third kappa shape index (κ3) is 1.83. The SMILES string of the molecule is COC1=C(n2cnc(C)c2)C=CC(=N)C1. The summed E-state index contributed by atoms with van der Waals surface area (Å²) >= 11 is 0. The zero-order valence-corrected chi connectivity index (χ0v) is 8.82. The molecule has 1 N–H and O–H groups in total. The van der Waals surface area contributed by atoms with E-state index in [1.165, 1.54) is 0 Å². The first kappa shape index (κ1) is 9.71. The highest BCUT2D eigenvalue weighted by molar-refractivity contribution is 5.98. The Morgan fingerprint density at radius 2 is 2.27 bits per heavy atom. The van der Waals surface area contributed by atoms with Gasteiger partial charge < -0.3 is 14.7 Å². The third-order valence-electron chi connectivity index (χ3n) is 2.32. The van der Waals surface area contributed by atoms with Gasteiger partial charge in [-0.15, -0.1) is 0 Å². The second-order valence-corrected chi connectivity index (χ2v) is 3.47. The Morgan fingerprint density at radius 3 is 2.87 bits per heavy atom. The first-order chi connectivity index (χ1) is 7.20. The molecule has 0 aromatic carbocycles. The Hall–Kier alpha value is -1.84. The topological polar surface area (TPSA) is 50.9 Å². The minimum atomic E-state index is 0.541. The van der Waals surface area contributed by atoms with Gasteiger partial charge in [0.1, 0.15) is 5.76 Å². The van der Waals surface area contributed by atoms with E-state index in [1.807, 2.05) is 23.8 Å². The monoisotopic (exact) mass is 203 g/mol. The number of rotatable bonds is 2. The summed E-state index contributed by atoms with van der Waals surface area (Å²) in [5.41, 5.74) is 2.48. The quantitative estimate of drug-likeness (QED) is 0.799. The number of imidazole rings is 1. The van der Waals surface area contributed by atoms with Crippen molar-refractivity contribution in [3.63, 3.8) is 0 Å². The van der Waals surface area contributed by atoms with E-state index in [9.17, 15) is 0 Å². The molecule has 0 saturated heterocycles. The molecule has 1 aliphatic rings. The molecule has 2 rings (SSSR count). The van der Waals surface area contributed by atoms with Crippen LogP contribution < -0.4 is 0 Å². The predicted octanol–water partition coefficient (Wildman–Crippen LogP) is 1.99. The summed E-state index contributed by atoms with van der Waals surface area (Å²) in [6.45, 7) is 1.94. The van der Waals surface area contributed by atoms with E-state index in [0.29, 0.717) is 12.1 Å². The van der Waals surface area contributed by atoms with Gasteiger partial charge in [-0.3, -0.25) is 0 Å². The van der Waals surface area contributed by atoms with Gasteiger partial charge in [0.05, 0.1) is 24.8 Å². The van der Waals surface area contributed by atoms with Crippen molar-refractivity contribution in [3.05, 3.63) is 36.1 Å². The highest BCUT2D eigenvalue weighted by atomic mass is 16.5. The first-order valence-corrected chi connectivity index (χ1v) is 4.74. The van der Waals surface area contributed by atoms with Crippen molar-refractivity contribution >= 4 is 11.4 Å². The van der Waals surface area contributed by atoms with Gasteiger partial charge in [0.2, 0.25) is 0 Å². The van der Waals surface area contributed by atoms with E-state index >= 15 is 0 Å². The summed E-state index contributed by atoms with van der Waals surface area (Å²) in [5, 5.41) is 7.55. The molecule has 1 aromatic heterocycles. The van der Waals surface area contributed by atoms with Crippen molar-refractivity contribution in [3.8, 4) is 0 Å². The number of hydrogen-bond acceptors (Lipinski definition) is 3. The van der Waals surface area contributed by atoms with Gasteiger partial charge in [0.15, 0.2) is 0 Å². The average molecular weight is 203 g/mol. The molecular weight excluding hydrogens is 190 g/mol. The molecule has 0 fully saturated rings. The van der Waals surface area contributed by atoms with Crippen molar-refractivity contribution in [2.24, 2.45) is 0 Å². The molecule has 1 aromatic rings. The maximum absolute atomic E-state index is 7.55. The molecule has 1 aliphatic carbocycles. The van der Waals surface area contributed by atoms with Crippen LogP contribution in [-0.2, 0) is 4.74 Å². The van der Waals surface area contributed by atoms with Crippen molar-refractivity contribution in [1.82, 2.24) is 9.55 Å². The molecule has 0 saturated carbocycles. The van der Waals surface area contributed by atoms with E-state index in [1.54, 1.807) is 19.5 Å². The molecule has 0 aliphatic heterocycles. The molecule has 1 heterocycles. The van der Waals surface area contributed by atoms with Crippen LogP contribution >= 0.6 is 0 Å². The number of ether oxygens (including phenoxy) is 1. The van der Waals surface area contributed by atoms with Crippen LogP contribution in [0.2, 0.25) is 0 Å². The van der Waals surface area contributed by atoms with Crippen molar-refractivity contribution in [1.29, 1.82) is 5.41 Å². The molecule has 78 valence electrons. The van der Waals surface area contributed by atoms with Gasteiger partial charge >= 0.3 is 0 Å². The second kappa shape index (κ2) is 3.73. The van der Waals surface area contributed by atoms with E-state index in [-0.39, 0.29) is 0 Å². The maximum Gasteiger partial charge on any atom is 0.125 e. The Bertz CT molecular complexity index is 454. The van der Waals surface area contributed by atoms with E-state index < -0.39 is 0 Å². The molecule has 0 unspecified atom stereocenters. The van der Waals surface area contributed by atoms with Crippen LogP contribution in [0, 0.1) is 12.3 Å². The lowest BCUT2D eigenvalue weighted by atomic mass is 10.1. The van der Waals surface area contributed by atoms with Crippen LogP contribution in [0.4, 0.5) is 0 Å². The fourth-order valence-corrected chi connectivity index (χ4v) is 1.55. The Morgan fingerprint density at radius 1 is 1.47 bits per heavy atom. The average Bonchev–Trinajstić information content (AvgIpc) is 2.64. The zero-order chi connectivity index (χ0) is 10.8. The van der Waals surface area contributed by atoms with Gasteiger partial charge in [-0.2, -0.15) is 0 Å². The standard InChI is InChI=1S/C11H13N3O/c1-8-6-14(7-13-8)10-4-3-9(12)5-11(10)15-2/h3-4,6-7,12H,5H2,1-2H3. The summed E-state index contributed by atoms with van der Waals surface area (Å²) in [6, 6.07) is 0. The lowest BCUT2D eigenvalue weighted by Gasteiger charge is -2.15. The molecule has 0 spiro atoms. The molecule has 15 heavy (non-hydrogen) atoms. The summed E-state index contributed by atoms with van der Waals surface area (Å²) in [5.74, 6) is 0.805. The van der Waals surface area contributed by atoms with Crippen LogP contribution in [0.1, 0.15) is 12.1 Å².